The van der Waals surface area contributed by atoms with Gasteiger partial charge in [0, 0.05) is 26.4 Å². The van der Waals surface area contributed by atoms with Gasteiger partial charge in [-0.3, -0.25) is 9.59 Å². The molecule has 1 N–H and O–H groups in total. The smallest absolute Gasteiger partial charge is 0.319 e. The summed E-state index contributed by atoms with van der Waals surface area (Å²) in [6.07, 6.45) is 3.57. The molecule has 6 nitrogen and oxygen atoms in total. The van der Waals surface area contributed by atoms with Gasteiger partial charge in [0.2, 0.25) is 0 Å². The summed E-state index contributed by atoms with van der Waals surface area (Å²) >= 11 is 6.48. The van der Waals surface area contributed by atoms with Crippen molar-refractivity contribution in [3.8, 4) is 0 Å². The summed E-state index contributed by atoms with van der Waals surface area (Å²) in [5, 5.41) is 8.65. The Labute approximate surface area is 153 Å². The molecule has 0 bridgehead atoms. The van der Waals surface area contributed by atoms with Crippen molar-refractivity contribution in [2.24, 2.45) is 11.8 Å². The van der Waals surface area contributed by atoms with Crippen molar-refractivity contribution in [2.45, 2.75) is 35.3 Å². The Morgan fingerprint density at radius 1 is 0.957 bits per heavy atom. The van der Waals surface area contributed by atoms with Crippen LogP contribution in [0, 0.1) is 11.8 Å². The van der Waals surface area contributed by atoms with Gasteiger partial charge in [0.15, 0.2) is 0 Å². The molecule has 8 heteroatoms. The first-order chi connectivity index (χ1) is 11.0. The Morgan fingerprint density at radius 2 is 1.35 bits per heavy atom. The number of carbonyl (C=O) groups excluding carboxylic acids is 1. The molecule has 0 aromatic rings. The second-order valence-corrected chi connectivity index (χ2v) is 7.54. The molecule has 0 spiro atoms. The van der Waals surface area contributed by atoms with E-state index in [4.69, 9.17) is 14.6 Å². The molecule has 0 saturated carbocycles. The number of methoxy groups -OCH3 is 1. The highest BCUT2D eigenvalue weighted by Crippen LogP contribution is 2.25. The number of alkyl halides is 2. The van der Waals surface area contributed by atoms with Gasteiger partial charge in [0.05, 0.1) is 7.11 Å². The Hall–Kier alpha value is -0.180. The van der Waals surface area contributed by atoms with Gasteiger partial charge in [-0.15, -0.1) is 0 Å². The topological polar surface area (TPSA) is 82.1 Å². The van der Waals surface area contributed by atoms with E-state index in [1.165, 1.54) is 7.11 Å². The lowest BCUT2D eigenvalue weighted by Gasteiger charge is -2.24. The van der Waals surface area contributed by atoms with E-state index < -0.39 is 10.8 Å². The number of hydrogen-bond acceptors (Lipinski definition) is 5. The van der Waals surface area contributed by atoms with Gasteiger partial charge in [-0.05, 0) is 37.5 Å². The number of rotatable bonds is 4. The van der Waals surface area contributed by atoms with E-state index in [1.807, 2.05) is 0 Å². The Balaban J connectivity index is 0.000000231. The average molecular weight is 460 g/mol. The maximum absolute atomic E-state index is 11.1. The van der Waals surface area contributed by atoms with E-state index in [-0.39, 0.29) is 16.7 Å². The standard InChI is InChI=1S/C8H13BrO3.C7H11BrO3/c1-11-8(10)7(9)6-2-4-12-5-3-6;8-6(7(9)10)5-1-3-11-4-2-5/h6-7H,2-5H2,1H3;5-6H,1-4H2,(H,9,10). The van der Waals surface area contributed by atoms with Gasteiger partial charge in [-0.2, -0.15) is 0 Å². The molecule has 0 radical (unpaired) electrons. The Morgan fingerprint density at radius 3 is 1.70 bits per heavy atom. The summed E-state index contributed by atoms with van der Waals surface area (Å²) in [7, 11) is 1.41. The van der Waals surface area contributed by atoms with Crippen molar-refractivity contribution in [1.29, 1.82) is 0 Å². The first-order valence-electron chi connectivity index (χ1n) is 7.71. The third-order valence-electron chi connectivity index (χ3n) is 4.02. The van der Waals surface area contributed by atoms with Crippen LogP contribution in [0.3, 0.4) is 0 Å². The van der Waals surface area contributed by atoms with Gasteiger partial charge in [-0.25, -0.2) is 0 Å². The maximum atomic E-state index is 11.1. The highest BCUT2D eigenvalue weighted by atomic mass is 79.9. The number of carboxylic acids is 1. The van der Waals surface area contributed by atoms with E-state index in [0.29, 0.717) is 19.1 Å². The molecule has 0 aromatic carbocycles. The first-order valence-corrected chi connectivity index (χ1v) is 9.54. The molecule has 134 valence electrons. The lowest BCUT2D eigenvalue weighted by atomic mass is 9.97. The highest BCUT2D eigenvalue weighted by Gasteiger charge is 2.28. The third kappa shape index (κ3) is 7.49. The molecule has 2 fully saturated rings. The van der Waals surface area contributed by atoms with Crippen LogP contribution >= 0.6 is 31.9 Å². The molecule has 23 heavy (non-hydrogen) atoms. The van der Waals surface area contributed by atoms with Gasteiger partial charge < -0.3 is 19.3 Å². The number of halogens is 2. The van der Waals surface area contributed by atoms with Crippen molar-refractivity contribution >= 4 is 43.8 Å². The molecular formula is C15H24Br2O6. The van der Waals surface area contributed by atoms with Crippen LogP contribution in [0.5, 0.6) is 0 Å². The van der Waals surface area contributed by atoms with Gasteiger partial charge in [0.25, 0.3) is 0 Å². The molecule has 2 saturated heterocycles. The SMILES string of the molecule is COC(=O)C(Br)C1CCOCC1.O=C(O)C(Br)C1CCOCC1. The molecule has 0 aliphatic carbocycles. The van der Waals surface area contributed by atoms with E-state index in [2.05, 4.69) is 36.6 Å². The number of hydrogen-bond donors (Lipinski definition) is 1. The molecule has 2 aliphatic heterocycles. The van der Waals surface area contributed by atoms with E-state index in [9.17, 15) is 9.59 Å². The molecule has 2 unspecified atom stereocenters. The predicted octanol–water partition coefficient (Wildman–Crippen LogP) is 2.61. The number of aliphatic carboxylic acids is 1. The van der Waals surface area contributed by atoms with Crippen LogP contribution in [0.2, 0.25) is 0 Å². The lowest BCUT2D eigenvalue weighted by molar-refractivity contribution is -0.141. The lowest BCUT2D eigenvalue weighted by Crippen LogP contribution is -2.30. The number of ether oxygens (including phenoxy) is 3. The van der Waals surface area contributed by atoms with Crippen LogP contribution in [0.15, 0.2) is 0 Å². The predicted molar refractivity (Wildman–Crippen MR) is 92.2 cm³/mol. The Kier molecular flexibility index (Phi) is 10.3. The van der Waals surface area contributed by atoms with Crippen molar-refractivity contribution < 1.29 is 28.9 Å². The summed E-state index contributed by atoms with van der Waals surface area (Å²) in [4.78, 5) is 21.1. The van der Waals surface area contributed by atoms with Crippen LogP contribution in [0.25, 0.3) is 0 Å². The first kappa shape index (κ1) is 20.9. The molecule has 0 aromatic heterocycles. The highest BCUT2D eigenvalue weighted by molar-refractivity contribution is 9.10. The minimum atomic E-state index is -0.767. The van der Waals surface area contributed by atoms with Crippen LogP contribution in [-0.2, 0) is 23.8 Å². The summed E-state index contributed by atoms with van der Waals surface area (Å²) < 4.78 is 14.9. The monoisotopic (exact) mass is 458 g/mol. The molecule has 2 rings (SSSR count). The zero-order valence-corrected chi connectivity index (χ0v) is 16.4. The zero-order chi connectivity index (χ0) is 17.2. The third-order valence-corrected chi connectivity index (χ3v) is 6.28. The molecule has 2 heterocycles. The number of esters is 1. The fourth-order valence-corrected chi connectivity index (χ4v) is 3.77. The molecular weight excluding hydrogens is 436 g/mol. The summed E-state index contributed by atoms with van der Waals surface area (Å²) in [6.45, 7) is 2.90. The van der Waals surface area contributed by atoms with Gasteiger partial charge in [0.1, 0.15) is 9.65 Å². The fourth-order valence-electron chi connectivity index (χ4n) is 2.52. The zero-order valence-electron chi connectivity index (χ0n) is 13.2. The number of carboxylic acid groups (broad SMARTS) is 1. The van der Waals surface area contributed by atoms with Crippen molar-refractivity contribution in [3.05, 3.63) is 0 Å². The largest absolute Gasteiger partial charge is 0.480 e. The molecule has 2 aliphatic rings. The quantitative estimate of drug-likeness (QED) is 0.514. The van der Waals surface area contributed by atoms with Crippen LogP contribution < -0.4 is 0 Å². The van der Waals surface area contributed by atoms with Crippen molar-refractivity contribution in [3.63, 3.8) is 0 Å². The number of carbonyl (C=O) groups is 2. The normalized spacial score (nSPS) is 22.4. The fraction of sp³-hybridized carbons (Fsp3) is 0.867. The van der Waals surface area contributed by atoms with Gasteiger partial charge in [-0.1, -0.05) is 31.9 Å². The molecule has 2 atom stereocenters. The maximum Gasteiger partial charge on any atom is 0.319 e. The second kappa shape index (κ2) is 11.4. The second-order valence-electron chi connectivity index (χ2n) is 5.56. The Bertz CT molecular complexity index is 367. The minimum absolute atomic E-state index is 0.161. The summed E-state index contributed by atoms with van der Waals surface area (Å²) in [5.41, 5.74) is 0. The summed E-state index contributed by atoms with van der Waals surface area (Å²) in [6, 6.07) is 0. The molecule has 0 amide bonds. The van der Waals surface area contributed by atoms with Crippen LogP contribution in [0.4, 0.5) is 0 Å². The van der Waals surface area contributed by atoms with E-state index >= 15 is 0 Å². The van der Waals surface area contributed by atoms with E-state index in [1.54, 1.807) is 0 Å². The average Bonchev–Trinajstić information content (AvgIpc) is 2.61. The minimum Gasteiger partial charge on any atom is -0.480 e. The summed E-state index contributed by atoms with van der Waals surface area (Å²) in [5.74, 6) is -0.341. The van der Waals surface area contributed by atoms with Gasteiger partial charge >= 0.3 is 11.9 Å². The van der Waals surface area contributed by atoms with Crippen LogP contribution in [-0.4, -0.2) is 60.2 Å². The van der Waals surface area contributed by atoms with Crippen LogP contribution in [0.1, 0.15) is 25.7 Å². The van der Waals surface area contributed by atoms with Crippen molar-refractivity contribution in [1.82, 2.24) is 0 Å². The van der Waals surface area contributed by atoms with Crippen molar-refractivity contribution in [2.75, 3.05) is 33.5 Å². The van der Waals surface area contributed by atoms with E-state index in [0.717, 1.165) is 38.9 Å².